The Balaban J connectivity index is 2.29. The maximum Gasteiger partial charge on any atom is 0.270 e. The van der Waals surface area contributed by atoms with Crippen LogP contribution in [0.15, 0.2) is 47.5 Å². The third-order valence-corrected chi connectivity index (χ3v) is 2.64. The number of nitro benzene ring substituents is 1. The molecule has 0 radical (unpaired) electrons. The molecule has 0 spiro atoms. The third-order valence-electron chi connectivity index (χ3n) is 2.38. The van der Waals surface area contributed by atoms with E-state index >= 15 is 0 Å². The van der Waals surface area contributed by atoms with E-state index in [4.69, 9.17) is 11.6 Å². The SMILES string of the molecule is O=[N+]([O-])c1ccc([O-])c(C=Nc2ccc(Cl)cc2)c1. The smallest absolute Gasteiger partial charge is 0.270 e. The number of non-ortho nitro benzene ring substituents is 1. The third kappa shape index (κ3) is 3.29. The number of hydrogen-bond acceptors (Lipinski definition) is 4. The summed E-state index contributed by atoms with van der Waals surface area (Å²) in [7, 11) is 0. The lowest BCUT2D eigenvalue weighted by molar-refractivity contribution is -0.385. The Morgan fingerprint density at radius 3 is 2.47 bits per heavy atom. The molecule has 0 aliphatic heterocycles. The Labute approximate surface area is 113 Å². The van der Waals surface area contributed by atoms with E-state index in [1.807, 2.05) is 0 Å². The highest BCUT2D eigenvalue weighted by Crippen LogP contribution is 2.21. The fourth-order valence-electron chi connectivity index (χ4n) is 1.42. The molecule has 19 heavy (non-hydrogen) atoms. The van der Waals surface area contributed by atoms with Crippen LogP contribution < -0.4 is 5.11 Å². The molecule has 0 heterocycles. The van der Waals surface area contributed by atoms with Crippen LogP contribution in [0, 0.1) is 10.1 Å². The van der Waals surface area contributed by atoms with Crippen LogP contribution in [0.5, 0.6) is 5.75 Å². The lowest BCUT2D eigenvalue weighted by atomic mass is 10.2. The molecule has 2 aromatic carbocycles. The molecule has 0 fully saturated rings. The molecule has 0 aromatic heterocycles. The van der Waals surface area contributed by atoms with Gasteiger partial charge in [0, 0.05) is 23.4 Å². The van der Waals surface area contributed by atoms with Gasteiger partial charge in [0.2, 0.25) is 0 Å². The van der Waals surface area contributed by atoms with Crippen molar-refractivity contribution in [3.05, 3.63) is 63.2 Å². The van der Waals surface area contributed by atoms with Crippen molar-refractivity contribution < 1.29 is 10.0 Å². The summed E-state index contributed by atoms with van der Waals surface area (Å²) in [5.41, 5.74) is 0.636. The van der Waals surface area contributed by atoms with Gasteiger partial charge in [-0.1, -0.05) is 23.4 Å². The number of benzene rings is 2. The van der Waals surface area contributed by atoms with Crippen molar-refractivity contribution in [3.8, 4) is 5.75 Å². The predicted octanol–water partition coefficient (Wildman–Crippen LogP) is 3.07. The van der Waals surface area contributed by atoms with Gasteiger partial charge in [0.25, 0.3) is 5.69 Å². The van der Waals surface area contributed by atoms with Gasteiger partial charge in [-0.3, -0.25) is 15.1 Å². The Morgan fingerprint density at radius 1 is 1.16 bits per heavy atom. The number of hydrogen-bond donors (Lipinski definition) is 0. The minimum Gasteiger partial charge on any atom is -0.872 e. The topological polar surface area (TPSA) is 78.6 Å². The summed E-state index contributed by atoms with van der Waals surface area (Å²) < 4.78 is 0. The zero-order valence-corrected chi connectivity index (χ0v) is 10.4. The van der Waals surface area contributed by atoms with Crippen LogP contribution >= 0.6 is 11.6 Å². The second-order valence-electron chi connectivity index (χ2n) is 3.71. The first kappa shape index (κ1) is 13.0. The monoisotopic (exact) mass is 275 g/mol. The molecular formula is C13H8ClN2O3-. The van der Waals surface area contributed by atoms with Crippen LogP contribution in [-0.4, -0.2) is 11.1 Å². The molecule has 0 aliphatic rings. The first-order valence-corrected chi connectivity index (χ1v) is 5.69. The number of nitro groups is 1. The maximum atomic E-state index is 11.5. The zero-order chi connectivity index (χ0) is 13.8. The van der Waals surface area contributed by atoms with Gasteiger partial charge in [0.15, 0.2) is 0 Å². The summed E-state index contributed by atoms with van der Waals surface area (Å²) in [5.74, 6) is -0.316. The van der Waals surface area contributed by atoms with Gasteiger partial charge in [0.05, 0.1) is 10.6 Å². The number of nitrogens with zero attached hydrogens (tertiary/aromatic N) is 2. The predicted molar refractivity (Wildman–Crippen MR) is 71.2 cm³/mol. The molecule has 96 valence electrons. The van der Waals surface area contributed by atoms with E-state index in [0.717, 1.165) is 6.07 Å². The lowest BCUT2D eigenvalue weighted by Gasteiger charge is -2.08. The molecule has 0 aliphatic carbocycles. The van der Waals surface area contributed by atoms with Crippen molar-refractivity contribution in [1.82, 2.24) is 0 Å². The molecule has 0 unspecified atom stereocenters. The van der Waals surface area contributed by atoms with Gasteiger partial charge in [-0.25, -0.2) is 0 Å². The molecule has 0 atom stereocenters. The Morgan fingerprint density at radius 2 is 1.84 bits per heavy atom. The first-order chi connectivity index (χ1) is 9.06. The van der Waals surface area contributed by atoms with Crippen molar-refractivity contribution in [2.45, 2.75) is 0 Å². The van der Waals surface area contributed by atoms with Crippen LogP contribution in [0.2, 0.25) is 5.02 Å². The molecule has 0 amide bonds. The minimum atomic E-state index is -0.556. The Kier molecular flexibility index (Phi) is 3.77. The number of aliphatic imine (C=N–C) groups is 1. The van der Waals surface area contributed by atoms with Gasteiger partial charge in [-0.15, -0.1) is 0 Å². The molecular weight excluding hydrogens is 268 g/mol. The van der Waals surface area contributed by atoms with Crippen LogP contribution in [-0.2, 0) is 0 Å². The summed E-state index contributed by atoms with van der Waals surface area (Å²) in [5, 5.41) is 22.7. The summed E-state index contributed by atoms with van der Waals surface area (Å²) in [4.78, 5) is 14.1. The molecule has 0 saturated carbocycles. The lowest BCUT2D eigenvalue weighted by Crippen LogP contribution is -1.98. The fraction of sp³-hybridized carbons (Fsp3) is 0. The van der Waals surface area contributed by atoms with Crippen molar-refractivity contribution in [2.75, 3.05) is 0 Å². The Bertz CT molecular complexity index is 639. The van der Waals surface area contributed by atoms with Gasteiger partial charge >= 0.3 is 0 Å². The highest BCUT2D eigenvalue weighted by atomic mass is 35.5. The molecule has 2 aromatic rings. The van der Waals surface area contributed by atoms with Crippen molar-refractivity contribution in [2.24, 2.45) is 4.99 Å². The van der Waals surface area contributed by atoms with Gasteiger partial charge in [0.1, 0.15) is 0 Å². The van der Waals surface area contributed by atoms with Gasteiger partial charge < -0.3 is 5.11 Å². The molecule has 2 rings (SSSR count). The average molecular weight is 276 g/mol. The molecule has 0 saturated heterocycles. The van der Waals surface area contributed by atoms with E-state index in [2.05, 4.69) is 4.99 Å². The second kappa shape index (κ2) is 5.49. The second-order valence-corrected chi connectivity index (χ2v) is 4.15. The van der Waals surface area contributed by atoms with Crippen LogP contribution in [0.4, 0.5) is 11.4 Å². The maximum absolute atomic E-state index is 11.5. The largest absolute Gasteiger partial charge is 0.872 e. The normalized spacial score (nSPS) is 10.8. The van der Waals surface area contributed by atoms with E-state index < -0.39 is 4.92 Å². The van der Waals surface area contributed by atoms with Gasteiger partial charge in [-0.05, 0) is 29.8 Å². The van der Waals surface area contributed by atoms with E-state index in [1.165, 1.54) is 18.3 Å². The number of rotatable bonds is 3. The molecule has 5 nitrogen and oxygen atoms in total. The van der Waals surface area contributed by atoms with E-state index in [9.17, 15) is 15.2 Å². The Hall–Kier alpha value is -2.40. The molecule has 0 N–H and O–H groups in total. The molecule has 0 bridgehead atoms. The van der Waals surface area contributed by atoms with Crippen molar-refractivity contribution in [3.63, 3.8) is 0 Å². The highest BCUT2D eigenvalue weighted by Gasteiger charge is 2.05. The average Bonchev–Trinajstić information content (AvgIpc) is 2.39. The zero-order valence-electron chi connectivity index (χ0n) is 9.62. The minimum absolute atomic E-state index is 0.142. The summed E-state index contributed by atoms with van der Waals surface area (Å²) in [6.45, 7) is 0. The standard InChI is InChI=1S/C13H9ClN2O3/c14-10-1-3-11(4-2-10)15-8-9-7-12(16(18)19)5-6-13(9)17/h1-8,17H/p-1. The summed E-state index contributed by atoms with van der Waals surface area (Å²) in [6.07, 6.45) is 1.30. The quantitative estimate of drug-likeness (QED) is 0.490. The highest BCUT2D eigenvalue weighted by molar-refractivity contribution is 6.30. The van der Waals surface area contributed by atoms with E-state index in [-0.39, 0.29) is 17.0 Å². The van der Waals surface area contributed by atoms with Crippen molar-refractivity contribution in [1.29, 1.82) is 0 Å². The van der Waals surface area contributed by atoms with Crippen molar-refractivity contribution >= 4 is 29.2 Å². The van der Waals surface area contributed by atoms with Crippen LogP contribution in [0.1, 0.15) is 5.56 Å². The van der Waals surface area contributed by atoms with E-state index in [1.54, 1.807) is 24.3 Å². The molecule has 6 heteroatoms. The first-order valence-electron chi connectivity index (χ1n) is 5.31. The van der Waals surface area contributed by atoms with E-state index in [0.29, 0.717) is 10.7 Å². The van der Waals surface area contributed by atoms with Crippen LogP contribution in [0.3, 0.4) is 0 Å². The van der Waals surface area contributed by atoms with Crippen LogP contribution in [0.25, 0.3) is 0 Å². The summed E-state index contributed by atoms with van der Waals surface area (Å²) in [6, 6.07) is 10.2. The van der Waals surface area contributed by atoms with Gasteiger partial charge in [-0.2, -0.15) is 0 Å². The summed E-state index contributed by atoms with van der Waals surface area (Å²) >= 11 is 5.73. The fourth-order valence-corrected chi connectivity index (χ4v) is 1.55. The number of halogens is 1.